The van der Waals surface area contributed by atoms with Crippen molar-refractivity contribution in [2.75, 3.05) is 5.32 Å². The smallest absolute Gasteiger partial charge is 0.475 e. The molecule has 1 aliphatic heterocycles. The van der Waals surface area contributed by atoms with E-state index in [0.717, 1.165) is 16.8 Å². The summed E-state index contributed by atoms with van der Waals surface area (Å²) in [6, 6.07) is 16.4. The largest absolute Gasteiger partial charge is 0.490 e. The molecule has 5 rings (SSSR count). The normalized spacial score (nSPS) is 14.3. The fourth-order valence-corrected chi connectivity index (χ4v) is 3.48. The van der Waals surface area contributed by atoms with Crippen LogP contribution in [0.2, 0.25) is 0 Å². The third-order valence-corrected chi connectivity index (χ3v) is 5.26. The van der Waals surface area contributed by atoms with Crippen LogP contribution in [0.15, 0.2) is 78.2 Å². The number of rotatable bonds is 2. The molecule has 0 bridgehead atoms. The van der Waals surface area contributed by atoms with Crippen molar-refractivity contribution in [3.8, 4) is 11.8 Å². The average molecular weight is 538 g/mol. The van der Waals surface area contributed by atoms with Gasteiger partial charge in [-0.2, -0.15) is 23.4 Å². The predicted molar refractivity (Wildman–Crippen MR) is 132 cm³/mol. The number of fused-ring (bicyclic) bond motifs is 1. The lowest BCUT2D eigenvalue weighted by atomic mass is 10.0. The maximum absolute atomic E-state index is 13.2. The summed E-state index contributed by atoms with van der Waals surface area (Å²) in [5.41, 5.74) is 3.54. The number of aromatic nitrogens is 3. The molecule has 0 saturated carbocycles. The van der Waals surface area contributed by atoms with Gasteiger partial charge in [-0.3, -0.25) is 0 Å². The predicted octanol–water partition coefficient (Wildman–Crippen LogP) is 4.87. The number of carboxylic acids is 1. The number of aliphatic carboxylic acids is 1. The van der Waals surface area contributed by atoms with Crippen LogP contribution in [0.25, 0.3) is 5.65 Å². The van der Waals surface area contributed by atoms with E-state index in [1.54, 1.807) is 47.4 Å². The number of urea groups is 1. The van der Waals surface area contributed by atoms with Crippen LogP contribution in [0.3, 0.4) is 0 Å². The molecule has 0 spiro atoms. The lowest BCUT2D eigenvalue weighted by Crippen LogP contribution is -2.31. The summed E-state index contributed by atoms with van der Waals surface area (Å²) < 4.78 is 46.6. The number of anilines is 1. The number of nitrogens with zero attached hydrogens (tertiary/aromatic N) is 5. The van der Waals surface area contributed by atoms with E-state index >= 15 is 0 Å². The number of benzene rings is 2. The summed E-state index contributed by atoms with van der Waals surface area (Å²) >= 11 is 0. The zero-order valence-corrected chi connectivity index (χ0v) is 19.8. The topological polar surface area (TPSA) is 112 Å². The number of imidazole rings is 1. The zero-order valence-electron chi connectivity index (χ0n) is 19.8. The monoisotopic (exact) mass is 538 g/mol. The van der Waals surface area contributed by atoms with Crippen molar-refractivity contribution in [1.29, 1.82) is 0 Å². The molecule has 1 atom stereocenters. The first kappa shape index (κ1) is 26.8. The Balaban J connectivity index is 0.000000448. The number of halogens is 4. The van der Waals surface area contributed by atoms with Crippen LogP contribution < -0.4 is 5.32 Å². The average Bonchev–Trinajstić information content (AvgIpc) is 3.56. The van der Waals surface area contributed by atoms with Crippen LogP contribution in [0, 0.1) is 17.7 Å². The van der Waals surface area contributed by atoms with E-state index in [1.165, 1.54) is 17.1 Å². The van der Waals surface area contributed by atoms with Gasteiger partial charge < -0.3 is 10.4 Å². The van der Waals surface area contributed by atoms with Crippen LogP contribution in [0.5, 0.6) is 0 Å². The fourth-order valence-electron chi connectivity index (χ4n) is 3.48. The minimum atomic E-state index is -5.08. The molecule has 3 heterocycles. The summed E-state index contributed by atoms with van der Waals surface area (Å²) in [5, 5.41) is 19.8. The quantitative estimate of drug-likeness (QED) is 0.280. The molecule has 198 valence electrons. The minimum Gasteiger partial charge on any atom is -0.475 e. The first-order valence-electron chi connectivity index (χ1n) is 11.2. The first-order valence-corrected chi connectivity index (χ1v) is 11.2. The highest BCUT2D eigenvalue weighted by molar-refractivity contribution is 5.91. The van der Waals surface area contributed by atoms with Crippen molar-refractivity contribution < 1.29 is 32.3 Å². The maximum atomic E-state index is 13.2. The molecule has 0 radical (unpaired) electrons. The summed E-state index contributed by atoms with van der Waals surface area (Å²) in [6.45, 7) is 0. The summed E-state index contributed by atoms with van der Waals surface area (Å²) in [4.78, 5) is 26.0. The highest BCUT2D eigenvalue weighted by Crippen LogP contribution is 2.29. The number of hydrogen-bond acceptors (Lipinski definition) is 5. The molecule has 0 unspecified atom stereocenters. The second-order valence-corrected chi connectivity index (χ2v) is 7.95. The lowest BCUT2D eigenvalue weighted by molar-refractivity contribution is -0.192. The Kier molecular flexibility index (Phi) is 7.85. The van der Waals surface area contributed by atoms with E-state index in [1.807, 2.05) is 24.3 Å². The van der Waals surface area contributed by atoms with Gasteiger partial charge in [0.15, 0.2) is 5.65 Å². The SMILES string of the molecule is O=C(Nc1cccc(C#Cc2cnc3cccnn23)c1)N1N=CC[C@@H]1c1ccc(F)cc1.O=C(O)C(F)(F)F. The van der Waals surface area contributed by atoms with Crippen molar-refractivity contribution in [1.82, 2.24) is 19.6 Å². The van der Waals surface area contributed by atoms with E-state index in [-0.39, 0.29) is 17.9 Å². The van der Waals surface area contributed by atoms with Gasteiger partial charge in [0.1, 0.15) is 11.5 Å². The van der Waals surface area contributed by atoms with Gasteiger partial charge in [0.25, 0.3) is 0 Å². The third kappa shape index (κ3) is 6.75. The second kappa shape index (κ2) is 11.4. The Morgan fingerprint density at radius 3 is 2.51 bits per heavy atom. The van der Waals surface area contributed by atoms with Crippen molar-refractivity contribution in [3.63, 3.8) is 0 Å². The van der Waals surface area contributed by atoms with Gasteiger partial charge in [0, 0.05) is 30.1 Å². The fraction of sp³-hybridized carbons (Fsp3) is 0.115. The molecule has 2 aromatic carbocycles. The van der Waals surface area contributed by atoms with E-state index < -0.39 is 12.1 Å². The second-order valence-electron chi connectivity index (χ2n) is 7.95. The number of hydrazone groups is 1. The number of hydrogen-bond donors (Lipinski definition) is 2. The molecule has 0 aliphatic carbocycles. The molecule has 4 aromatic rings. The number of amides is 2. The van der Waals surface area contributed by atoms with Gasteiger partial charge in [-0.15, -0.1) is 0 Å². The molecular formula is C26H18F4N6O3. The Bertz CT molecular complexity index is 1590. The number of carbonyl (C=O) groups excluding carboxylic acids is 1. The van der Waals surface area contributed by atoms with Gasteiger partial charge in [0.2, 0.25) is 0 Å². The van der Waals surface area contributed by atoms with Crippen LogP contribution in [0.1, 0.15) is 29.3 Å². The number of alkyl halides is 3. The standard InChI is InChI=1S/C24H17FN6O.C2HF3O2/c25-19-9-7-18(8-10-19)22-12-14-28-31(22)24(32)29-20-4-1-3-17(15-20)6-11-21-16-26-23-5-2-13-27-30(21)23;3-2(4,5)1(6)7/h1-5,7-10,13-16,22H,12H2,(H,29,32);(H,6,7)/t22-;/m1./s1. The van der Waals surface area contributed by atoms with Gasteiger partial charge in [0.05, 0.1) is 12.2 Å². The molecule has 2 N–H and O–H groups in total. The molecule has 1 aliphatic rings. The number of nitrogens with one attached hydrogen (secondary N) is 1. The highest BCUT2D eigenvalue weighted by Gasteiger charge is 2.38. The molecule has 0 saturated heterocycles. The molecule has 2 aromatic heterocycles. The molecule has 2 amide bonds. The van der Waals surface area contributed by atoms with Crippen molar-refractivity contribution in [2.45, 2.75) is 18.6 Å². The van der Waals surface area contributed by atoms with Gasteiger partial charge in [-0.25, -0.2) is 28.5 Å². The third-order valence-electron chi connectivity index (χ3n) is 5.26. The number of carboxylic acid groups (broad SMARTS) is 1. The zero-order chi connectivity index (χ0) is 28.0. The Morgan fingerprint density at radius 2 is 1.79 bits per heavy atom. The molecular weight excluding hydrogens is 520 g/mol. The summed E-state index contributed by atoms with van der Waals surface area (Å²) in [5.74, 6) is 3.07. The van der Waals surface area contributed by atoms with Gasteiger partial charge in [-0.05, 0) is 53.9 Å². The Morgan fingerprint density at radius 1 is 1.05 bits per heavy atom. The Hall–Kier alpha value is -5.25. The minimum absolute atomic E-state index is 0.277. The summed E-state index contributed by atoms with van der Waals surface area (Å²) in [7, 11) is 0. The molecule has 0 fully saturated rings. The van der Waals surface area contributed by atoms with Crippen LogP contribution in [0.4, 0.5) is 28.0 Å². The van der Waals surface area contributed by atoms with Crippen LogP contribution >= 0.6 is 0 Å². The van der Waals surface area contributed by atoms with E-state index in [4.69, 9.17) is 9.90 Å². The van der Waals surface area contributed by atoms with Gasteiger partial charge >= 0.3 is 18.2 Å². The Labute approximate surface area is 218 Å². The van der Waals surface area contributed by atoms with E-state index in [0.29, 0.717) is 17.8 Å². The van der Waals surface area contributed by atoms with E-state index in [9.17, 15) is 22.4 Å². The van der Waals surface area contributed by atoms with Crippen molar-refractivity contribution in [3.05, 3.63) is 95.7 Å². The van der Waals surface area contributed by atoms with Gasteiger partial charge in [-0.1, -0.05) is 24.1 Å². The first-order chi connectivity index (χ1) is 18.6. The maximum Gasteiger partial charge on any atom is 0.490 e. The summed E-state index contributed by atoms with van der Waals surface area (Å²) in [6.07, 6.45) is 0.509. The van der Waals surface area contributed by atoms with Crippen molar-refractivity contribution >= 4 is 29.5 Å². The van der Waals surface area contributed by atoms with Crippen LogP contribution in [-0.4, -0.2) is 49.1 Å². The van der Waals surface area contributed by atoms with Crippen LogP contribution in [-0.2, 0) is 4.79 Å². The number of carbonyl (C=O) groups is 2. The van der Waals surface area contributed by atoms with Crippen molar-refractivity contribution in [2.24, 2.45) is 5.10 Å². The van der Waals surface area contributed by atoms with E-state index in [2.05, 4.69) is 32.3 Å². The molecule has 39 heavy (non-hydrogen) atoms. The lowest BCUT2D eigenvalue weighted by Gasteiger charge is -2.22. The molecule has 9 nitrogen and oxygen atoms in total. The molecule has 13 heteroatoms. The highest BCUT2D eigenvalue weighted by atomic mass is 19.4.